The molecule has 1 heterocycles. The van der Waals surface area contributed by atoms with E-state index in [9.17, 15) is 0 Å². The zero-order valence-electron chi connectivity index (χ0n) is 11.4. The molecular formula is C15H21N3. The van der Waals surface area contributed by atoms with Crippen LogP contribution in [0.25, 0.3) is 0 Å². The van der Waals surface area contributed by atoms with E-state index in [4.69, 9.17) is 5.73 Å². The molecule has 1 atom stereocenters. The molecule has 2 rings (SSSR count). The van der Waals surface area contributed by atoms with E-state index in [-0.39, 0.29) is 6.04 Å². The molecule has 96 valence electrons. The third kappa shape index (κ3) is 3.20. The third-order valence-corrected chi connectivity index (χ3v) is 3.24. The highest BCUT2D eigenvalue weighted by Gasteiger charge is 2.08. The summed E-state index contributed by atoms with van der Waals surface area (Å²) in [5.41, 5.74) is 11.4. The van der Waals surface area contributed by atoms with E-state index in [2.05, 4.69) is 37.1 Å². The Kier molecular flexibility index (Phi) is 3.82. The molecule has 2 aromatic rings. The topological polar surface area (TPSA) is 43.8 Å². The first kappa shape index (κ1) is 12.8. The SMILES string of the molecule is Cc1ccc(C)c(CC(N)Cc2cnn(C)c2)c1. The molecule has 1 aromatic carbocycles. The number of benzene rings is 1. The molecule has 1 unspecified atom stereocenters. The highest BCUT2D eigenvalue weighted by atomic mass is 15.2. The van der Waals surface area contributed by atoms with Crippen molar-refractivity contribution >= 4 is 0 Å². The summed E-state index contributed by atoms with van der Waals surface area (Å²) in [4.78, 5) is 0. The third-order valence-electron chi connectivity index (χ3n) is 3.24. The van der Waals surface area contributed by atoms with Crippen LogP contribution in [0.15, 0.2) is 30.6 Å². The Balaban J connectivity index is 2.02. The lowest BCUT2D eigenvalue weighted by Gasteiger charge is -2.13. The lowest BCUT2D eigenvalue weighted by atomic mass is 9.96. The summed E-state index contributed by atoms with van der Waals surface area (Å²) < 4.78 is 1.82. The van der Waals surface area contributed by atoms with Gasteiger partial charge >= 0.3 is 0 Å². The Labute approximate surface area is 109 Å². The van der Waals surface area contributed by atoms with Gasteiger partial charge in [0.1, 0.15) is 0 Å². The van der Waals surface area contributed by atoms with Crippen molar-refractivity contribution in [3.8, 4) is 0 Å². The normalized spacial score (nSPS) is 12.7. The smallest absolute Gasteiger partial charge is 0.0522 e. The van der Waals surface area contributed by atoms with Crippen LogP contribution in [0.1, 0.15) is 22.3 Å². The van der Waals surface area contributed by atoms with E-state index in [1.807, 2.05) is 24.1 Å². The van der Waals surface area contributed by atoms with Crippen molar-refractivity contribution in [1.82, 2.24) is 9.78 Å². The van der Waals surface area contributed by atoms with E-state index in [0.29, 0.717) is 0 Å². The molecule has 18 heavy (non-hydrogen) atoms. The van der Waals surface area contributed by atoms with Gasteiger partial charge in [0, 0.05) is 19.3 Å². The molecule has 0 aliphatic rings. The zero-order chi connectivity index (χ0) is 13.1. The minimum atomic E-state index is 0.148. The molecule has 2 N–H and O–H groups in total. The summed E-state index contributed by atoms with van der Waals surface area (Å²) in [5.74, 6) is 0. The summed E-state index contributed by atoms with van der Waals surface area (Å²) in [5, 5.41) is 4.17. The number of nitrogens with two attached hydrogens (primary N) is 1. The van der Waals surface area contributed by atoms with Crippen LogP contribution in [0.4, 0.5) is 0 Å². The van der Waals surface area contributed by atoms with Crippen molar-refractivity contribution in [2.24, 2.45) is 12.8 Å². The first-order chi connectivity index (χ1) is 8.54. The zero-order valence-corrected chi connectivity index (χ0v) is 11.4. The van der Waals surface area contributed by atoms with Crippen LogP contribution < -0.4 is 5.73 Å². The second-order valence-corrected chi connectivity index (χ2v) is 5.12. The minimum absolute atomic E-state index is 0.148. The number of rotatable bonds is 4. The van der Waals surface area contributed by atoms with Crippen molar-refractivity contribution in [3.05, 3.63) is 52.8 Å². The maximum Gasteiger partial charge on any atom is 0.0522 e. The molecule has 0 aliphatic carbocycles. The van der Waals surface area contributed by atoms with Crippen LogP contribution in [-0.4, -0.2) is 15.8 Å². The van der Waals surface area contributed by atoms with Gasteiger partial charge in [0.05, 0.1) is 6.20 Å². The Bertz CT molecular complexity index is 528. The lowest BCUT2D eigenvalue weighted by Crippen LogP contribution is -2.25. The summed E-state index contributed by atoms with van der Waals surface area (Å²) in [6, 6.07) is 6.69. The van der Waals surface area contributed by atoms with Gasteiger partial charge < -0.3 is 5.73 Å². The van der Waals surface area contributed by atoms with Crippen LogP contribution in [0, 0.1) is 13.8 Å². The number of aryl methyl sites for hydroxylation is 3. The molecule has 0 saturated heterocycles. The summed E-state index contributed by atoms with van der Waals surface area (Å²) in [6.07, 6.45) is 5.72. The highest BCUT2D eigenvalue weighted by molar-refractivity contribution is 5.31. The minimum Gasteiger partial charge on any atom is -0.327 e. The Morgan fingerprint density at radius 1 is 1.28 bits per heavy atom. The van der Waals surface area contributed by atoms with Crippen molar-refractivity contribution in [1.29, 1.82) is 0 Å². The van der Waals surface area contributed by atoms with Crippen molar-refractivity contribution in [2.45, 2.75) is 32.7 Å². The Morgan fingerprint density at radius 3 is 2.72 bits per heavy atom. The number of hydrogen-bond donors (Lipinski definition) is 1. The molecule has 3 heteroatoms. The summed E-state index contributed by atoms with van der Waals surface area (Å²) in [7, 11) is 1.93. The van der Waals surface area contributed by atoms with Crippen LogP contribution in [0.2, 0.25) is 0 Å². The van der Waals surface area contributed by atoms with E-state index in [1.54, 1.807) is 0 Å². The average molecular weight is 243 g/mol. The van der Waals surface area contributed by atoms with Gasteiger partial charge in [0.25, 0.3) is 0 Å². The highest BCUT2D eigenvalue weighted by Crippen LogP contribution is 2.14. The second kappa shape index (κ2) is 5.36. The Hall–Kier alpha value is -1.61. The van der Waals surface area contributed by atoms with Gasteiger partial charge in [-0.3, -0.25) is 4.68 Å². The molecule has 0 saturated carbocycles. The standard InChI is InChI=1S/C15H21N3/c1-11-4-5-12(2)14(6-11)8-15(16)7-13-9-17-18(3)10-13/h4-6,9-10,15H,7-8,16H2,1-3H3. The maximum absolute atomic E-state index is 6.23. The van der Waals surface area contributed by atoms with Gasteiger partial charge in [-0.05, 0) is 43.4 Å². The molecule has 0 radical (unpaired) electrons. The van der Waals surface area contributed by atoms with E-state index in [0.717, 1.165) is 12.8 Å². The van der Waals surface area contributed by atoms with E-state index in [1.165, 1.54) is 22.3 Å². The monoisotopic (exact) mass is 243 g/mol. The number of nitrogens with zero attached hydrogens (tertiary/aromatic N) is 2. The first-order valence-electron chi connectivity index (χ1n) is 6.34. The van der Waals surface area contributed by atoms with Crippen LogP contribution >= 0.6 is 0 Å². The molecule has 0 aliphatic heterocycles. The van der Waals surface area contributed by atoms with Crippen molar-refractivity contribution in [3.63, 3.8) is 0 Å². The molecule has 0 bridgehead atoms. The van der Waals surface area contributed by atoms with Crippen LogP contribution in [0.3, 0.4) is 0 Å². The quantitative estimate of drug-likeness (QED) is 0.894. The summed E-state index contributed by atoms with van der Waals surface area (Å²) >= 11 is 0. The van der Waals surface area contributed by atoms with Gasteiger partial charge in [-0.25, -0.2) is 0 Å². The molecule has 0 fully saturated rings. The lowest BCUT2D eigenvalue weighted by molar-refractivity contribution is 0.661. The molecule has 1 aromatic heterocycles. The average Bonchev–Trinajstić information content (AvgIpc) is 2.69. The molecule has 0 spiro atoms. The fraction of sp³-hybridized carbons (Fsp3) is 0.400. The van der Waals surface area contributed by atoms with Gasteiger partial charge in [-0.15, -0.1) is 0 Å². The van der Waals surface area contributed by atoms with Crippen molar-refractivity contribution in [2.75, 3.05) is 0 Å². The van der Waals surface area contributed by atoms with Gasteiger partial charge in [-0.2, -0.15) is 5.10 Å². The molecule has 0 amide bonds. The largest absolute Gasteiger partial charge is 0.327 e. The predicted molar refractivity (Wildman–Crippen MR) is 74.5 cm³/mol. The van der Waals surface area contributed by atoms with E-state index >= 15 is 0 Å². The number of hydrogen-bond acceptors (Lipinski definition) is 2. The fourth-order valence-corrected chi connectivity index (χ4v) is 2.25. The number of aromatic nitrogens is 2. The van der Waals surface area contributed by atoms with Crippen LogP contribution in [-0.2, 0) is 19.9 Å². The van der Waals surface area contributed by atoms with E-state index < -0.39 is 0 Å². The Morgan fingerprint density at radius 2 is 2.06 bits per heavy atom. The van der Waals surface area contributed by atoms with Gasteiger partial charge in [0.2, 0.25) is 0 Å². The van der Waals surface area contributed by atoms with Gasteiger partial charge in [-0.1, -0.05) is 23.8 Å². The fourth-order valence-electron chi connectivity index (χ4n) is 2.25. The van der Waals surface area contributed by atoms with Crippen molar-refractivity contribution < 1.29 is 0 Å². The predicted octanol–water partition coefficient (Wildman–Crippen LogP) is 2.15. The maximum atomic E-state index is 6.23. The second-order valence-electron chi connectivity index (χ2n) is 5.12. The van der Waals surface area contributed by atoms with Crippen LogP contribution in [0.5, 0.6) is 0 Å². The first-order valence-corrected chi connectivity index (χ1v) is 6.34. The molecule has 3 nitrogen and oxygen atoms in total. The molecular weight excluding hydrogens is 222 g/mol. The summed E-state index contributed by atoms with van der Waals surface area (Å²) in [6.45, 7) is 4.27. The van der Waals surface area contributed by atoms with Gasteiger partial charge in [0.15, 0.2) is 0 Å².